The molecule has 2 amide bonds. The number of nitrogens with one attached hydrogen (secondary N) is 2. The number of carboxylic acids is 1. The molecule has 0 saturated heterocycles. The van der Waals surface area contributed by atoms with Gasteiger partial charge >= 0.3 is 12.0 Å². The number of amides is 2. The number of carbonyl (C=O) groups is 2. The molecule has 5 nitrogen and oxygen atoms in total. The van der Waals surface area contributed by atoms with Crippen LogP contribution in [0.15, 0.2) is 12.3 Å². The maximum Gasteiger partial charge on any atom is 0.318 e. The molecule has 0 aliphatic carbocycles. The summed E-state index contributed by atoms with van der Waals surface area (Å²) in [6, 6.07) is -0.308. The molecule has 0 atom stereocenters. The van der Waals surface area contributed by atoms with E-state index >= 15 is 0 Å². The van der Waals surface area contributed by atoms with Crippen LogP contribution in [0.3, 0.4) is 0 Å². The molecule has 0 radical (unpaired) electrons. The molecule has 0 aromatic rings. The van der Waals surface area contributed by atoms with E-state index in [-0.39, 0.29) is 12.5 Å². The smallest absolute Gasteiger partial charge is 0.318 e. The minimum atomic E-state index is -0.850. The number of hydrogen-bond donors (Lipinski definition) is 3. The van der Waals surface area contributed by atoms with Gasteiger partial charge < -0.3 is 15.7 Å². The van der Waals surface area contributed by atoms with Gasteiger partial charge in [0.25, 0.3) is 0 Å². The summed E-state index contributed by atoms with van der Waals surface area (Å²) in [5, 5.41) is 13.4. The molecule has 5 heteroatoms. The summed E-state index contributed by atoms with van der Waals surface area (Å²) in [4.78, 5) is 21.2. The zero-order valence-corrected chi connectivity index (χ0v) is 9.12. The summed E-state index contributed by atoms with van der Waals surface area (Å²) >= 11 is 0. The molecule has 0 unspecified atom stereocenters. The third-order valence-corrected chi connectivity index (χ3v) is 1.55. The second kappa shape index (κ2) is 7.84. The molecule has 0 aliphatic heterocycles. The molecule has 0 bridgehead atoms. The fourth-order valence-electron chi connectivity index (χ4n) is 0.809. The average molecular weight is 214 g/mol. The Balaban J connectivity index is 3.45. The Kier molecular flexibility index (Phi) is 7.05. The van der Waals surface area contributed by atoms with E-state index in [4.69, 9.17) is 5.11 Å². The largest absolute Gasteiger partial charge is 0.481 e. The predicted molar refractivity (Wildman–Crippen MR) is 57.4 cm³/mol. The summed E-state index contributed by atoms with van der Waals surface area (Å²) in [7, 11) is 0. The normalized spacial score (nSPS) is 10.6. The lowest BCUT2D eigenvalue weighted by atomic mass is 10.2. The monoisotopic (exact) mass is 214 g/mol. The summed E-state index contributed by atoms with van der Waals surface area (Å²) in [5.74, 6) is -0.464. The maximum absolute atomic E-state index is 11.0. The molecular weight excluding hydrogens is 196 g/mol. The van der Waals surface area contributed by atoms with Crippen LogP contribution in [0.5, 0.6) is 0 Å². The highest BCUT2D eigenvalue weighted by Gasteiger charge is 1.98. The fourth-order valence-corrected chi connectivity index (χ4v) is 0.809. The second-order valence-electron chi connectivity index (χ2n) is 3.50. The lowest BCUT2D eigenvalue weighted by Gasteiger charge is -2.03. The molecule has 0 aliphatic rings. The first kappa shape index (κ1) is 13.5. The van der Waals surface area contributed by atoms with Crippen molar-refractivity contribution in [1.29, 1.82) is 0 Å². The van der Waals surface area contributed by atoms with E-state index < -0.39 is 5.97 Å². The minimum Gasteiger partial charge on any atom is -0.481 e. The first-order valence-corrected chi connectivity index (χ1v) is 4.95. The minimum absolute atomic E-state index is 0.0715. The van der Waals surface area contributed by atoms with Crippen LogP contribution in [0.25, 0.3) is 0 Å². The molecule has 86 valence electrons. The fraction of sp³-hybridized carbons (Fsp3) is 0.600. The van der Waals surface area contributed by atoms with Gasteiger partial charge in [-0.2, -0.15) is 0 Å². The van der Waals surface area contributed by atoms with Crippen molar-refractivity contribution in [1.82, 2.24) is 10.6 Å². The Labute approximate surface area is 89.6 Å². The van der Waals surface area contributed by atoms with E-state index in [1.807, 2.05) is 19.9 Å². The van der Waals surface area contributed by atoms with Crippen molar-refractivity contribution in [3.63, 3.8) is 0 Å². The third kappa shape index (κ3) is 10.4. The van der Waals surface area contributed by atoms with E-state index in [1.54, 1.807) is 6.20 Å². The topological polar surface area (TPSA) is 78.4 Å². The molecular formula is C10H18N2O3. The van der Waals surface area contributed by atoms with Crippen molar-refractivity contribution in [3.05, 3.63) is 12.3 Å². The van der Waals surface area contributed by atoms with Gasteiger partial charge in [-0.05, 0) is 12.3 Å². The van der Waals surface area contributed by atoms with Crippen molar-refractivity contribution in [2.45, 2.75) is 26.7 Å². The number of allylic oxidation sites excluding steroid dienone is 1. The molecule has 0 spiro atoms. The van der Waals surface area contributed by atoms with E-state index in [9.17, 15) is 9.59 Å². The van der Waals surface area contributed by atoms with E-state index in [2.05, 4.69) is 10.6 Å². The number of carboxylic acid groups (broad SMARTS) is 1. The van der Waals surface area contributed by atoms with Crippen molar-refractivity contribution in [3.8, 4) is 0 Å². The number of carbonyl (C=O) groups excluding carboxylic acids is 1. The van der Waals surface area contributed by atoms with Gasteiger partial charge in [0.05, 0.1) is 0 Å². The van der Waals surface area contributed by atoms with Crippen molar-refractivity contribution in [2.24, 2.45) is 5.92 Å². The number of hydrogen-bond acceptors (Lipinski definition) is 2. The van der Waals surface area contributed by atoms with Gasteiger partial charge in [0.15, 0.2) is 0 Å². The van der Waals surface area contributed by atoms with Gasteiger partial charge in [0, 0.05) is 19.2 Å². The first-order valence-electron chi connectivity index (χ1n) is 4.95. The first-order chi connectivity index (χ1) is 7.02. The Hall–Kier alpha value is -1.52. The molecule has 0 heterocycles. The number of aliphatic carboxylic acids is 1. The van der Waals surface area contributed by atoms with E-state index in [0.29, 0.717) is 18.9 Å². The van der Waals surface area contributed by atoms with Gasteiger partial charge in [-0.25, -0.2) is 4.79 Å². The highest BCUT2D eigenvalue weighted by atomic mass is 16.4. The van der Waals surface area contributed by atoms with Gasteiger partial charge in [0.1, 0.15) is 0 Å². The Bertz CT molecular complexity index is 237. The summed E-state index contributed by atoms with van der Waals surface area (Å²) in [6.07, 6.45) is 3.95. The second-order valence-corrected chi connectivity index (χ2v) is 3.50. The van der Waals surface area contributed by atoms with Crippen LogP contribution in [0.1, 0.15) is 26.7 Å². The number of rotatable bonds is 6. The molecule has 0 rings (SSSR count). The molecule has 15 heavy (non-hydrogen) atoms. The van der Waals surface area contributed by atoms with Gasteiger partial charge in [-0.1, -0.05) is 19.9 Å². The third-order valence-electron chi connectivity index (χ3n) is 1.55. The molecule has 3 N–H and O–H groups in total. The zero-order valence-electron chi connectivity index (χ0n) is 9.12. The van der Waals surface area contributed by atoms with Crippen molar-refractivity contribution < 1.29 is 14.7 Å². The molecule has 0 aromatic heterocycles. The lowest BCUT2D eigenvalue weighted by Crippen LogP contribution is -2.33. The van der Waals surface area contributed by atoms with Gasteiger partial charge in [0.2, 0.25) is 0 Å². The Morgan fingerprint density at radius 1 is 1.40 bits per heavy atom. The van der Waals surface area contributed by atoms with Crippen LogP contribution < -0.4 is 10.6 Å². The zero-order chi connectivity index (χ0) is 11.7. The van der Waals surface area contributed by atoms with E-state index in [0.717, 1.165) is 0 Å². The van der Waals surface area contributed by atoms with E-state index in [1.165, 1.54) is 0 Å². The van der Waals surface area contributed by atoms with Crippen LogP contribution in [-0.4, -0.2) is 23.7 Å². The highest BCUT2D eigenvalue weighted by molar-refractivity contribution is 5.74. The van der Waals surface area contributed by atoms with Gasteiger partial charge in [-0.3, -0.25) is 4.79 Å². The average Bonchev–Trinajstić information content (AvgIpc) is 2.11. The van der Waals surface area contributed by atoms with Crippen molar-refractivity contribution >= 4 is 12.0 Å². The van der Waals surface area contributed by atoms with Gasteiger partial charge in [-0.15, -0.1) is 0 Å². The van der Waals surface area contributed by atoms with Crippen LogP contribution in [-0.2, 0) is 4.79 Å². The summed E-state index contributed by atoms with van der Waals surface area (Å²) < 4.78 is 0. The predicted octanol–water partition coefficient (Wildman–Crippen LogP) is 1.32. The molecule has 0 fully saturated rings. The van der Waals surface area contributed by atoms with Crippen LogP contribution in [0.4, 0.5) is 4.79 Å². The Morgan fingerprint density at radius 3 is 2.60 bits per heavy atom. The van der Waals surface area contributed by atoms with Crippen molar-refractivity contribution in [2.75, 3.05) is 6.54 Å². The molecule has 0 aromatic carbocycles. The molecule has 0 saturated carbocycles. The SMILES string of the molecule is CC(C)/C=C/NC(=O)NCCCC(=O)O. The summed E-state index contributed by atoms with van der Waals surface area (Å²) in [6.45, 7) is 4.37. The van der Waals surface area contributed by atoms with Crippen LogP contribution >= 0.6 is 0 Å². The summed E-state index contributed by atoms with van der Waals surface area (Å²) in [5.41, 5.74) is 0. The quantitative estimate of drug-likeness (QED) is 0.583. The standard InChI is InChI=1S/C10H18N2O3/c1-8(2)5-7-12-10(15)11-6-3-4-9(13)14/h5,7-8H,3-4,6H2,1-2H3,(H,13,14)(H2,11,12,15)/b7-5+. The number of urea groups is 1. The maximum atomic E-state index is 11.0. The van der Waals surface area contributed by atoms with Crippen LogP contribution in [0, 0.1) is 5.92 Å². The van der Waals surface area contributed by atoms with Crippen LogP contribution in [0.2, 0.25) is 0 Å². The highest BCUT2D eigenvalue weighted by Crippen LogP contribution is 1.91. The Morgan fingerprint density at radius 2 is 2.07 bits per heavy atom. The lowest BCUT2D eigenvalue weighted by molar-refractivity contribution is -0.137.